The second-order valence-electron chi connectivity index (χ2n) is 5.56. The van der Waals surface area contributed by atoms with Gasteiger partial charge in [-0.1, -0.05) is 13.8 Å². The number of rotatable bonds is 4. The van der Waals surface area contributed by atoms with Gasteiger partial charge in [-0.2, -0.15) is 0 Å². The Balaban J connectivity index is 1.71. The predicted octanol–water partition coefficient (Wildman–Crippen LogP) is 2.30. The van der Waals surface area contributed by atoms with Crippen LogP contribution >= 0.6 is 11.3 Å². The molecular formula is C16H18N4O2S. The van der Waals surface area contributed by atoms with Gasteiger partial charge in [0.15, 0.2) is 0 Å². The first kappa shape index (κ1) is 15.6. The van der Waals surface area contributed by atoms with Gasteiger partial charge in [0.1, 0.15) is 6.54 Å². The molecule has 7 heteroatoms. The highest BCUT2D eigenvalue weighted by Gasteiger charge is 2.32. The molecule has 1 N–H and O–H groups in total. The van der Waals surface area contributed by atoms with Crippen LogP contribution in [0.4, 0.5) is 5.95 Å². The number of carbonyl (C=O) groups is 2. The van der Waals surface area contributed by atoms with Crippen molar-refractivity contribution in [3.63, 3.8) is 0 Å². The minimum atomic E-state index is -0.285. The highest BCUT2D eigenvalue weighted by molar-refractivity contribution is 7.14. The zero-order chi connectivity index (χ0) is 16.4. The lowest BCUT2D eigenvalue weighted by molar-refractivity contribution is -0.117. The molecule has 2 aromatic rings. The van der Waals surface area contributed by atoms with E-state index >= 15 is 0 Å². The maximum Gasteiger partial charge on any atom is 0.264 e. The summed E-state index contributed by atoms with van der Waals surface area (Å²) >= 11 is 1.53. The molecule has 1 aliphatic rings. The third-order valence-corrected chi connectivity index (χ3v) is 5.10. The Labute approximate surface area is 138 Å². The van der Waals surface area contributed by atoms with Crippen molar-refractivity contribution in [2.24, 2.45) is 0 Å². The summed E-state index contributed by atoms with van der Waals surface area (Å²) < 4.78 is 0. The van der Waals surface area contributed by atoms with E-state index < -0.39 is 0 Å². The Hall–Kier alpha value is -2.28. The molecule has 0 saturated carbocycles. The topological polar surface area (TPSA) is 75.2 Å². The van der Waals surface area contributed by atoms with E-state index in [0.717, 1.165) is 16.9 Å². The summed E-state index contributed by atoms with van der Waals surface area (Å²) in [5.41, 5.74) is 1.11. The number of fused-ring (bicyclic) bond motifs is 1. The molecule has 6 nitrogen and oxygen atoms in total. The van der Waals surface area contributed by atoms with Crippen LogP contribution in [0, 0.1) is 0 Å². The lowest BCUT2D eigenvalue weighted by Crippen LogP contribution is -2.43. The molecule has 2 aromatic heterocycles. The van der Waals surface area contributed by atoms with Crippen molar-refractivity contribution < 1.29 is 9.59 Å². The van der Waals surface area contributed by atoms with Gasteiger partial charge in [0, 0.05) is 29.7 Å². The summed E-state index contributed by atoms with van der Waals surface area (Å²) in [4.78, 5) is 36.2. The molecule has 0 aromatic carbocycles. The minimum absolute atomic E-state index is 0.0141. The van der Waals surface area contributed by atoms with E-state index in [0.29, 0.717) is 6.54 Å². The van der Waals surface area contributed by atoms with Crippen LogP contribution in [0.1, 0.15) is 39.9 Å². The molecule has 120 valence electrons. The van der Waals surface area contributed by atoms with Gasteiger partial charge in [-0.05, 0) is 24.1 Å². The SMILES string of the molecule is CCc1cc2c(s1)C(=O)N(CC(=O)Nc1ncccn1)CC2C. The first-order valence-corrected chi connectivity index (χ1v) is 8.39. The summed E-state index contributed by atoms with van der Waals surface area (Å²) in [5, 5.41) is 2.61. The zero-order valence-corrected chi connectivity index (χ0v) is 13.9. The monoisotopic (exact) mass is 330 g/mol. The molecule has 2 amide bonds. The second kappa shape index (κ2) is 6.45. The van der Waals surface area contributed by atoms with E-state index in [2.05, 4.69) is 35.2 Å². The lowest BCUT2D eigenvalue weighted by Gasteiger charge is -2.30. The van der Waals surface area contributed by atoms with Crippen molar-refractivity contribution in [2.75, 3.05) is 18.4 Å². The normalized spacial score (nSPS) is 17.0. The van der Waals surface area contributed by atoms with Gasteiger partial charge < -0.3 is 4.90 Å². The summed E-state index contributed by atoms with van der Waals surface area (Å²) in [6, 6.07) is 3.80. The number of aromatic nitrogens is 2. The number of hydrogen-bond acceptors (Lipinski definition) is 5. The summed E-state index contributed by atoms with van der Waals surface area (Å²) in [5.74, 6) is 0.138. The van der Waals surface area contributed by atoms with Crippen molar-refractivity contribution in [3.05, 3.63) is 39.8 Å². The highest BCUT2D eigenvalue weighted by atomic mass is 32.1. The van der Waals surface area contributed by atoms with Gasteiger partial charge in [-0.25, -0.2) is 9.97 Å². The number of amides is 2. The van der Waals surface area contributed by atoms with Crippen LogP contribution in [0.15, 0.2) is 24.5 Å². The number of hydrogen-bond donors (Lipinski definition) is 1. The molecule has 3 heterocycles. The van der Waals surface area contributed by atoms with E-state index in [1.54, 1.807) is 23.4 Å². The molecule has 1 atom stereocenters. The van der Waals surface area contributed by atoms with E-state index in [4.69, 9.17) is 0 Å². The second-order valence-corrected chi connectivity index (χ2v) is 6.69. The van der Waals surface area contributed by atoms with Crippen LogP contribution < -0.4 is 5.32 Å². The maximum atomic E-state index is 12.6. The fourth-order valence-electron chi connectivity index (χ4n) is 2.66. The first-order valence-electron chi connectivity index (χ1n) is 7.57. The Morgan fingerprint density at radius 1 is 1.43 bits per heavy atom. The van der Waals surface area contributed by atoms with Gasteiger partial charge in [-0.3, -0.25) is 14.9 Å². The lowest BCUT2D eigenvalue weighted by atomic mass is 9.96. The van der Waals surface area contributed by atoms with E-state index in [1.807, 2.05) is 0 Å². The van der Waals surface area contributed by atoms with Gasteiger partial charge >= 0.3 is 0 Å². The van der Waals surface area contributed by atoms with Gasteiger partial charge in [-0.15, -0.1) is 11.3 Å². The van der Waals surface area contributed by atoms with Crippen molar-refractivity contribution >= 4 is 29.1 Å². The summed E-state index contributed by atoms with van der Waals surface area (Å²) in [6.07, 6.45) is 4.03. The Morgan fingerprint density at radius 3 is 2.87 bits per heavy atom. The highest BCUT2D eigenvalue weighted by Crippen LogP contribution is 2.34. The van der Waals surface area contributed by atoms with Crippen molar-refractivity contribution in [1.29, 1.82) is 0 Å². The van der Waals surface area contributed by atoms with Crippen LogP contribution in [0.25, 0.3) is 0 Å². The summed E-state index contributed by atoms with van der Waals surface area (Å²) in [7, 11) is 0. The molecule has 23 heavy (non-hydrogen) atoms. The molecule has 0 bridgehead atoms. The molecule has 0 saturated heterocycles. The van der Waals surface area contributed by atoms with Crippen LogP contribution in [0.5, 0.6) is 0 Å². The quantitative estimate of drug-likeness (QED) is 0.933. The molecule has 0 spiro atoms. The average molecular weight is 330 g/mol. The molecule has 0 aliphatic carbocycles. The maximum absolute atomic E-state index is 12.6. The molecular weight excluding hydrogens is 312 g/mol. The third-order valence-electron chi connectivity index (χ3n) is 3.82. The predicted molar refractivity (Wildman–Crippen MR) is 88.7 cm³/mol. The van der Waals surface area contributed by atoms with Gasteiger partial charge in [0.05, 0.1) is 4.88 Å². The molecule has 1 aliphatic heterocycles. The first-order chi connectivity index (χ1) is 11.1. The Kier molecular flexibility index (Phi) is 4.38. The van der Waals surface area contributed by atoms with E-state index in [1.165, 1.54) is 16.2 Å². The van der Waals surface area contributed by atoms with Crippen molar-refractivity contribution in [2.45, 2.75) is 26.2 Å². The third kappa shape index (κ3) is 3.24. The smallest absolute Gasteiger partial charge is 0.264 e. The zero-order valence-electron chi connectivity index (χ0n) is 13.1. The van der Waals surface area contributed by atoms with E-state index in [-0.39, 0.29) is 30.2 Å². The average Bonchev–Trinajstić information content (AvgIpc) is 2.98. The van der Waals surface area contributed by atoms with Crippen LogP contribution in [0.3, 0.4) is 0 Å². The van der Waals surface area contributed by atoms with Crippen LogP contribution in [-0.4, -0.2) is 39.8 Å². The fraction of sp³-hybridized carbons (Fsp3) is 0.375. The van der Waals surface area contributed by atoms with Crippen molar-refractivity contribution in [1.82, 2.24) is 14.9 Å². The fourth-order valence-corrected chi connectivity index (χ4v) is 3.85. The molecule has 0 fully saturated rings. The van der Waals surface area contributed by atoms with Crippen molar-refractivity contribution in [3.8, 4) is 0 Å². The number of aryl methyl sites for hydroxylation is 1. The number of carbonyl (C=O) groups excluding carboxylic acids is 2. The Morgan fingerprint density at radius 2 is 2.17 bits per heavy atom. The molecule has 0 radical (unpaired) electrons. The number of thiophene rings is 1. The standard InChI is InChI=1S/C16H18N4O2S/c1-3-11-7-12-10(2)8-20(15(22)14(12)23-11)9-13(21)19-16-17-5-4-6-18-16/h4-7,10H,3,8-9H2,1-2H3,(H,17,18,19,21). The van der Waals surface area contributed by atoms with Gasteiger partial charge in [0.25, 0.3) is 5.91 Å². The number of nitrogens with zero attached hydrogens (tertiary/aromatic N) is 3. The van der Waals surface area contributed by atoms with Crippen LogP contribution in [-0.2, 0) is 11.2 Å². The Bertz CT molecular complexity index is 729. The van der Waals surface area contributed by atoms with E-state index in [9.17, 15) is 9.59 Å². The van der Waals surface area contributed by atoms with Crippen LogP contribution in [0.2, 0.25) is 0 Å². The molecule has 1 unspecified atom stereocenters. The van der Waals surface area contributed by atoms with Gasteiger partial charge in [0.2, 0.25) is 11.9 Å². The summed E-state index contributed by atoms with van der Waals surface area (Å²) in [6.45, 7) is 4.73. The molecule has 3 rings (SSSR count). The number of anilines is 1. The largest absolute Gasteiger partial charge is 0.328 e. The minimum Gasteiger partial charge on any atom is -0.328 e. The number of nitrogens with one attached hydrogen (secondary N) is 1.